The minimum atomic E-state index is -0.641. The van der Waals surface area contributed by atoms with Gasteiger partial charge in [-0.3, -0.25) is 9.59 Å². The second kappa shape index (κ2) is 9.83. The predicted molar refractivity (Wildman–Crippen MR) is 165 cm³/mol. The second-order valence-corrected chi connectivity index (χ2v) is 17.4. The second-order valence-electron chi connectivity index (χ2n) is 17.4. The maximum Gasteiger partial charge on any atom is 0.408 e. The number of amides is 1. The smallest absolute Gasteiger partial charge is 0.408 e. The van der Waals surface area contributed by atoms with Crippen LogP contribution < -0.4 is 5.32 Å². The van der Waals surface area contributed by atoms with Gasteiger partial charge in [0.05, 0.1) is 5.54 Å². The summed E-state index contributed by atoms with van der Waals surface area (Å²) in [4.78, 5) is 38.9. The molecule has 236 valence electrons. The lowest BCUT2D eigenvalue weighted by atomic mass is 9.33. The van der Waals surface area contributed by atoms with E-state index in [1.807, 2.05) is 20.8 Å². The van der Waals surface area contributed by atoms with Crippen LogP contribution in [0.15, 0.2) is 11.1 Å². The van der Waals surface area contributed by atoms with Crippen LogP contribution >= 0.6 is 0 Å². The van der Waals surface area contributed by atoms with Gasteiger partial charge >= 0.3 is 12.1 Å². The summed E-state index contributed by atoms with van der Waals surface area (Å²) < 4.78 is 11.7. The molecule has 0 heterocycles. The fraction of sp³-hybridized carbons (Fsp3) is 0.861. The van der Waals surface area contributed by atoms with Gasteiger partial charge in [-0.2, -0.15) is 0 Å². The molecule has 0 saturated heterocycles. The summed E-state index contributed by atoms with van der Waals surface area (Å²) in [6, 6.07) is 0. The van der Waals surface area contributed by atoms with Crippen molar-refractivity contribution in [3.05, 3.63) is 11.1 Å². The first-order chi connectivity index (χ1) is 19.2. The summed E-state index contributed by atoms with van der Waals surface area (Å²) >= 11 is 0. The van der Waals surface area contributed by atoms with Crippen molar-refractivity contribution in [3.63, 3.8) is 0 Å². The van der Waals surface area contributed by atoms with Gasteiger partial charge in [0.1, 0.15) is 11.7 Å². The van der Waals surface area contributed by atoms with E-state index in [1.165, 1.54) is 5.57 Å². The number of fused-ring (bicyclic) bond motifs is 7. The van der Waals surface area contributed by atoms with Crippen LogP contribution in [0.3, 0.4) is 0 Å². The highest BCUT2D eigenvalue weighted by Gasteiger charge is 2.70. The van der Waals surface area contributed by atoms with Gasteiger partial charge in [-0.1, -0.05) is 48.5 Å². The summed E-state index contributed by atoms with van der Waals surface area (Å²) in [6.45, 7) is 23.8. The van der Waals surface area contributed by atoms with E-state index in [-0.39, 0.29) is 51.4 Å². The van der Waals surface area contributed by atoms with Crippen molar-refractivity contribution < 1.29 is 23.9 Å². The highest BCUT2D eigenvalue weighted by Crippen LogP contribution is 2.75. The van der Waals surface area contributed by atoms with E-state index in [0.717, 1.165) is 56.9 Å². The summed E-state index contributed by atoms with van der Waals surface area (Å²) in [7, 11) is 0. The molecule has 4 fully saturated rings. The Bertz CT molecular complexity index is 1190. The largest absolute Gasteiger partial charge is 0.462 e. The molecule has 4 saturated carbocycles. The van der Waals surface area contributed by atoms with Gasteiger partial charge in [0, 0.05) is 18.8 Å². The summed E-state index contributed by atoms with van der Waals surface area (Å²) in [5.74, 6) is 1.47. The molecular weight excluding hydrogens is 526 g/mol. The Labute approximate surface area is 254 Å². The van der Waals surface area contributed by atoms with Crippen molar-refractivity contribution in [1.29, 1.82) is 0 Å². The maximum absolute atomic E-state index is 13.7. The van der Waals surface area contributed by atoms with Crippen LogP contribution in [-0.4, -0.2) is 35.1 Å². The third-order valence-electron chi connectivity index (χ3n) is 13.4. The van der Waals surface area contributed by atoms with Gasteiger partial charge in [0.15, 0.2) is 5.78 Å². The highest BCUT2D eigenvalue weighted by molar-refractivity contribution is 6.02. The lowest BCUT2D eigenvalue weighted by molar-refractivity contribution is -0.231. The normalized spacial score (nSPS) is 42.7. The van der Waals surface area contributed by atoms with E-state index in [0.29, 0.717) is 18.3 Å². The zero-order valence-electron chi connectivity index (χ0n) is 28.3. The van der Waals surface area contributed by atoms with Crippen LogP contribution in [0, 0.1) is 45.3 Å². The summed E-state index contributed by atoms with van der Waals surface area (Å²) in [6.07, 6.45) is 8.14. The van der Waals surface area contributed by atoms with Gasteiger partial charge in [-0.25, -0.2) is 4.79 Å². The zero-order chi connectivity index (χ0) is 31.3. The number of rotatable bonds is 3. The SMILES string of the molecule is CC(=O)O[C@@H]1CC[C@]2(C)[C@H]3CC[C@H]4C5=C(C(C)C)C(=O)C[C@]5(NC(=O)OC(C)(C)C)CC[C@@]4(C)[C@]3(C)CC[C@H]2C1(C)C. The molecule has 6 heteroatoms. The Kier molecular flexibility index (Phi) is 7.39. The van der Waals surface area contributed by atoms with E-state index < -0.39 is 17.2 Å². The molecule has 0 spiro atoms. The number of nitrogens with one attached hydrogen (secondary N) is 1. The fourth-order valence-corrected chi connectivity index (χ4v) is 11.6. The molecule has 5 aliphatic rings. The number of esters is 1. The van der Waals surface area contributed by atoms with Crippen molar-refractivity contribution in [3.8, 4) is 0 Å². The minimum Gasteiger partial charge on any atom is -0.462 e. The van der Waals surface area contributed by atoms with E-state index in [9.17, 15) is 14.4 Å². The average molecular weight is 584 g/mol. The highest BCUT2D eigenvalue weighted by atomic mass is 16.6. The van der Waals surface area contributed by atoms with E-state index >= 15 is 0 Å². The van der Waals surface area contributed by atoms with Crippen molar-refractivity contribution in [2.24, 2.45) is 45.3 Å². The van der Waals surface area contributed by atoms with Gasteiger partial charge in [0.25, 0.3) is 0 Å². The van der Waals surface area contributed by atoms with Crippen molar-refractivity contribution in [2.45, 2.75) is 151 Å². The fourth-order valence-electron chi connectivity index (χ4n) is 11.6. The van der Waals surface area contributed by atoms with Crippen LogP contribution in [-0.2, 0) is 19.1 Å². The third kappa shape index (κ3) is 4.50. The molecule has 0 unspecified atom stereocenters. The lowest BCUT2D eigenvalue weighted by Gasteiger charge is -2.72. The molecule has 0 aromatic rings. The van der Waals surface area contributed by atoms with Crippen LogP contribution in [0.2, 0.25) is 0 Å². The molecule has 0 aromatic heterocycles. The Hall–Kier alpha value is -1.85. The first-order valence-corrected chi connectivity index (χ1v) is 16.7. The number of allylic oxidation sites excluding steroid dienone is 1. The topological polar surface area (TPSA) is 81.7 Å². The molecule has 0 aromatic carbocycles. The number of carbonyl (C=O) groups excluding carboxylic acids is 3. The van der Waals surface area contributed by atoms with E-state index in [1.54, 1.807) is 6.92 Å². The standard InChI is InChI=1S/C36H57NO5/c1-21(2)28-24(39)20-36(37-30(40)42-31(4,5)6)19-18-34(10)23(29(28)36)12-13-26-33(9)16-15-27(41-22(3)38)32(7,8)25(33)14-17-35(26,34)11/h21,23,25-27H,12-20H2,1-11H3,(H,37,40)/t23-,25-,26+,27+,33-,34+,35+,36+/m0/s1. The van der Waals surface area contributed by atoms with Gasteiger partial charge in [-0.15, -0.1) is 0 Å². The van der Waals surface area contributed by atoms with Crippen molar-refractivity contribution >= 4 is 17.8 Å². The molecule has 5 rings (SSSR count). The summed E-state index contributed by atoms with van der Waals surface area (Å²) in [5.41, 5.74) is 1.20. The monoisotopic (exact) mass is 583 g/mol. The zero-order valence-corrected chi connectivity index (χ0v) is 28.3. The molecule has 1 amide bonds. The Balaban J connectivity index is 1.53. The number of ketones is 1. The molecular formula is C36H57NO5. The molecule has 1 N–H and O–H groups in total. The van der Waals surface area contributed by atoms with Gasteiger partial charge < -0.3 is 14.8 Å². The van der Waals surface area contributed by atoms with E-state index in [2.05, 4.69) is 53.8 Å². The van der Waals surface area contributed by atoms with Gasteiger partial charge in [-0.05, 0) is 123 Å². The number of hydrogen-bond donors (Lipinski definition) is 1. The van der Waals surface area contributed by atoms with Crippen LogP contribution in [0.5, 0.6) is 0 Å². The lowest BCUT2D eigenvalue weighted by Crippen LogP contribution is -2.67. The number of alkyl carbamates (subject to hydrolysis) is 1. The Morgan fingerprint density at radius 1 is 0.881 bits per heavy atom. The number of hydrogen-bond acceptors (Lipinski definition) is 5. The van der Waals surface area contributed by atoms with Crippen LogP contribution in [0.25, 0.3) is 0 Å². The molecule has 0 aliphatic heterocycles. The molecule has 5 aliphatic carbocycles. The van der Waals surface area contributed by atoms with Crippen molar-refractivity contribution in [1.82, 2.24) is 5.32 Å². The Morgan fingerprint density at radius 2 is 1.55 bits per heavy atom. The number of carbonyl (C=O) groups is 3. The Morgan fingerprint density at radius 3 is 2.14 bits per heavy atom. The first kappa shape index (κ1) is 31.6. The predicted octanol–water partition coefficient (Wildman–Crippen LogP) is 8.18. The summed E-state index contributed by atoms with van der Waals surface area (Å²) in [5, 5.41) is 3.30. The van der Waals surface area contributed by atoms with E-state index in [4.69, 9.17) is 9.47 Å². The third-order valence-corrected chi connectivity index (χ3v) is 13.4. The molecule has 0 radical (unpaired) electrons. The first-order valence-electron chi connectivity index (χ1n) is 16.7. The average Bonchev–Trinajstić information content (AvgIpc) is 3.11. The minimum absolute atomic E-state index is 0.0261. The number of Topliss-reactive ketones (excluding diaryl/α,β-unsaturated/α-hetero) is 1. The van der Waals surface area contributed by atoms with Gasteiger partial charge in [0.2, 0.25) is 0 Å². The van der Waals surface area contributed by atoms with Crippen LogP contribution in [0.1, 0.15) is 134 Å². The molecule has 8 atom stereocenters. The maximum atomic E-state index is 13.7. The van der Waals surface area contributed by atoms with Crippen LogP contribution in [0.4, 0.5) is 4.79 Å². The number of ether oxygens (including phenoxy) is 2. The van der Waals surface area contributed by atoms with Crippen molar-refractivity contribution in [2.75, 3.05) is 0 Å². The molecule has 42 heavy (non-hydrogen) atoms. The molecule has 6 nitrogen and oxygen atoms in total. The quantitative estimate of drug-likeness (QED) is 0.339. The molecule has 0 bridgehead atoms.